The van der Waals surface area contributed by atoms with Crippen LogP contribution in [0.5, 0.6) is 0 Å². The van der Waals surface area contributed by atoms with E-state index < -0.39 is 17.6 Å². The lowest BCUT2D eigenvalue weighted by atomic mass is 9.78. The van der Waals surface area contributed by atoms with Crippen LogP contribution in [0.4, 0.5) is 0 Å². The number of hydrogen-bond acceptors (Lipinski definition) is 6. The summed E-state index contributed by atoms with van der Waals surface area (Å²) < 4.78 is 1.92. The number of amides is 2. The Labute approximate surface area is 251 Å². The van der Waals surface area contributed by atoms with E-state index in [2.05, 4.69) is 29.4 Å². The largest absolute Gasteiger partial charge is 0.390 e. The molecule has 2 amide bonds. The zero-order valence-electron chi connectivity index (χ0n) is 26.6. The summed E-state index contributed by atoms with van der Waals surface area (Å²) >= 11 is 0. The molecule has 2 heterocycles. The van der Waals surface area contributed by atoms with E-state index in [0.717, 1.165) is 68.0 Å². The molecule has 9 heteroatoms. The fourth-order valence-electron chi connectivity index (χ4n) is 5.65. The number of aliphatic hydroxyl groups excluding tert-OH is 1. The number of carbonyl (C=O) groups excluding carboxylic acids is 3. The Hall–Kier alpha value is -3.04. The van der Waals surface area contributed by atoms with E-state index >= 15 is 0 Å². The third-order valence-corrected chi connectivity index (χ3v) is 8.87. The Balaban J connectivity index is 1.63. The van der Waals surface area contributed by atoms with Gasteiger partial charge in [-0.15, -0.1) is 0 Å². The Morgan fingerprint density at radius 1 is 1.05 bits per heavy atom. The summed E-state index contributed by atoms with van der Waals surface area (Å²) in [5.74, 6) is -0.477. The minimum absolute atomic E-state index is 0.0760. The molecule has 232 valence electrons. The van der Waals surface area contributed by atoms with E-state index in [1.807, 2.05) is 44.5 Å². The van der Waals surface area contributed by atoms with Crippen molar-refractivity contribution in [3.05, 3.63) is 46.8 Å². The lowest BCUT2D eigenvalue weighted by Gasteiger charge is -2.39. The van der Waals surface area contributed by atoms with Gasteiger partial charge >= 0.3 is 0 Å². The van der Waals surface area contributed by atoms with Crippen LogP contribution in [-0.2, 0) is 16.1 Å². The van der Waals surface area contributed by atoms with E-state index in [0.29, 0.717) is 24.8 Å². The van der Waals surface area contributed by atoms with Crippen LogP contribution in [-0.4, -0.2) is 69.7 Å². The number of rotatable bonds is 14. The lowest BCUT2D eigenvalue weighted by Crippen LogP contribution is -2.56. The van der Waals surface area contributed by atoms with E-state index in [1.165, 1.54) is 0 Å². The van der Waals surface area contributed by atoms with Gasteiger partial charge in [-0.3, -0.25) is 19.3 Å². The van der Waals surface area contributed by atoms with Gasteiger partial charge < -0.3 is 15.7 Å². The van der Waals surface area contributed by atoms with Gasteiger partial charge in [0.2, 0.25) is 5.91 Å². The summed E-state index contributed by atoms with van der Waals surface area (Å²) in [6.07, 6.45) is 4.75. The van der Waals surface area contributed by atoms with Crippen LogP contribution in [0.25, 0.3) is 5.69 Å². The molecule has 1 aliphatic rings. The summed E-state index contributed by atoms with van der Waals surface area (Å²) in [5, 5.41) is 21.2. The average Bonchev–Trinajstić information content (AvgIpc) is 3.26. The van der Waals surface area contributed by atoms with E-state index in [9.17, 15) is 19.5 Å². The fourth-order valence-corrected chi connectivity index (χ4v) is 5.65. The van der Waals surface area contributed by atoms with Gasteiger partial charge in [-0.25, -0.2) is 4.68 Å². The number of carbonyl (C=O) groups is 3. The molecule has 3 rings (SSSR count). The molecule has 1 fully saturated rings. The third-order valence-electron chi connectivity index (χ3n) is 8.87. The molecule has 1 aromatic heterocycles. The van der Waals surface area contributed by atoms with Crippen LogP contribution in [0.3, 0.4) is 0 Å². The number of likely N-dealkylation sites (tertiary alicyclic amines) is 1. The molecule has 0 bridgehead atoms. The number of ketones is 1. The smallest absolute Gasteiger partial charge is 0.251 e. The summed E-state index contributed by atoms with van der Waals surface area (Å²) in [4.78, 5) is 40.8. The Morgan fingerprint density at radius 3 is 2.26 bits per heavy atom. The van der Waals surface area contributed by atoms with Crippen molar-refractivity contribution in [1.29, 1.82) is 0 Å². The number of nitrogens with one attached hydrogen (secondary N) is 2. The van der Waals surface area contributed by atoms with Crippen LogP contribution in [0.1, 0.15) is 99.9 Å². The number of piperidine rings is 1. The first-order valence-corrected chi connectivity index (χ1v) is 15.5. The Bertz CT molecular complexity index is 1210. The van der Waals surface area contributed by atoms with Gasteiger partial charge in [0.25, 0.3) is 5.91 Å². The van der Waals surface area contributed by atoms with Crippen LogP contribution in [0, 0.1) is 25.2 Å². The third kappa shape index (κ3) is 8.07. The molecule has 3 N–H and O–H groups in total. The predicted octanol–water partition coefficient (Wildman–Crippen LogP) is 4.49. The summed E-state index contributed by atoms with van der Waals surface area (Å²) in [5.41, 5.74) is 4.06. The van der Waals surface area contributed by atoms with Crippen molar-refractivity contribution in [1.82, 2.24) is 25.3 Å². The summed E-state index contributed by atoms with van der Waals surface area (Å²) in [7, 11) is 1.62. The summed E-state index contributed by atoms with van der Waals surface area (Å²) in [6, 6.07) is 6.53. The maximum atomic E-state index is 13.5. The molecule has 0 saturated carbocycles. The first kappa shape index (κ1) is 33.5. The van der Waals surface area contributed by atoms with Crippen molar-refractivity contribution in [3.8, 4) is 5.69 Å². The normalized spacial score (nSPS) is 16.7. The number of aliphatic hydroxyl groups is 1. The molecule has 0 aliphatic carbocycles. The Kier molecular flexibility index (Phi) is 11.9. The van der Waals surface area contributed by atoms with E-state index in [4.69, 9.17) is 5.10 Å². The average molecular weight is 582 g/mol. The lowest BCUT2D eigenvalue weighted by molar-refractivity contribution is -0.139. The molecule has 1 aromatic carbocycles. The molecule has 1 saturated heterocycles. The number of aryl methyl sites for hydroxylation is 1. The highest BCUT2D eigenvalue weighted by molar-refractivity contribution is 5.94. The maximum Gasteiger partial charge on any atom is 0.251 e. The molecule has 9 nitrogen and oxygen atoms in total. The molecular formula is C33H51N5O4. The number of unbranched alkanes of at least 4 members (excludes halogenated alkanes) is 3. The number of hydrogen-bond donors (Lipinski definition) is 3. The quantitative estimate of drug-likeness (QED) is 0.283. The van der Waals surface area contributed by atoms with Gasteiger partial charge in [0.15, 0.2) is 5.78 Å². The van der Waals surface area contributed by atoms with Crippen molar-refractivity contribution < 1.29 is 19.5 Å². The highest BCUT2D eigenvalue weighted by Gasteiger charge is 2.40. The minimum Gasteiger partial charge on any atom is -0.390 e. The van der Waals surface area contributed by atoms with Gasteiger partial charge in [-0.05, 0) is 76.4 Å². The highest BCUT2D eigenvalue weighted by Crippen LogP contribution is 2.33. The second-order valence-corrected chi connectivity index (χ2v) is 12.5. The first-order valence-electron chi connectivity index (χ1n) is 15.5. The Morgan fingerprint density at radius 2 is 1.69 bits per heavy atom. The zero-order chi connectivity index (χ0) is 31.0. The monoisotopic (exact) mass is 581 g/mol. The highest BCUT2D eigenvalue weighted by atomic mass is 16.3. The van der Waals surface area contributed by atoms with Gasteiger partial charge in [0.05, 0.1) is 17.5 Å². The number of Topliss-reactive ketones (excluding diaryl/α,β-unsaturated/α-hetero) is 1. The fraction of sp³-hybridized carbons (Fsp3) is 0.636. The van der Waals surface area contributed by atoms with E-state index in [1.54, 1.807) is 19.2 Å². The maximum absolute atomic E-state index is 13.5. The topological polar surface area (TPSA) is 117 Å². The van der Waals surface area contributed by atoms with Gasteiger partial charge in [-0.1, -0.05) is 47.0 Å². The molecule has 2 aromatic rings. The molecule has 2 atom stereocenters. The van der Waals surface area contributed by atoms with Crippen molar-refractivity contribution in [2.24, 2.45) is 11.3 Å². The second kappa shape index (κ2) is 14.9. The van der Waals surface area contributed by atoms with Crippen molar-refractivity contribution in [2.45, 2.75) is 105 Å². The first-order chi connectivity index (χ1) is 19.9. The molecule has 42 heavy (non-hydrogen) atoms. The zero-order valence-corrected chi connectivity index (χ0v) is 26.6. The summed E-state index contributed by atoms with van der Waals surface area (Å²) in [6.45, 7) is 14.2. The van der Waals surface area contributed by atoms with Gasteiger partial charge in [0, 0.05) is 42.2 Å². The number of benzene rings is 1. The molecular weight excluding hydrogens is 530 g/mol. The predicted molar refractivity (Wildman–Crippen MR) is 166 cm³/mol. The van der Waals surface area contributed by atoms with Crippen molar-refractivity contribution in [3.63, 3.8) is 0 Å². The van der Waals surface area contributed by atoms with Crippen LogP contribution in [0.15, 0.2) is 24.3 Å². The van der Waals surface area contributed by atoms with Crippen LogP contribution in [0.2, 0.25) is 0 Å². The second-order valence-electron chi connectivity index (χ2n) is 12.5. The van der Waals surface area contributed by atoms with Crippen molar-refractivity contribution >= 4 is 17.6 Å². The van der Waals surface area contributed by atoms with E-state index in [-0.39, 0.29) is 23.5 Å². The van der Waals surface area contributed by atoms with Crippen molar-refractivity contribution in [2.75, 3.05) is 20.1 Å². The SMILES string of the molecule is CCCCCCC(=O)[C@H](NC(=O)C1(C)CCN(Cc2c(C)nn(-c3ccc(C(=O)NC)cc3)c2C)CC1)[C@H](O)C(C)C. The standard InChI is InChI=1S/C33H51N5O4/c1-8-9-10-11-12-28(39)29(30(40)22(2)3)35-32(42)33(6)17-19-37(20-18-33)21-27-23(4)36-38(24(27)5)26-15-13-25(14-16-26)31(41)34-7/h13-16,22,29-30,40H,8-12,17-21H2,1-7H3,(H,34,41)(H,35,42)/t29-,30+/m0/s1. The van der Waals surface area contributed by atoms with Crippen LogP contribution < -0.4 is 10.6 Å². The van der Waals surface area contributed by atoms with Gasteiger partial charge in [-0.2, -0.15) is 5.10 Å². The number of nitrogens with zero attached hydrogens (tertiary/aromatic N) is 3. The molecule has 1 aliphatic heterocycles. The number of aromatic nitrogens is 2. The minimum atomic E-state index is -0.904. The molecule has 0 unspecified atom stereocenters. The molecule has 0 spiro atoms. The molecule has 0 radical (unpaired) electrons. The van der Waals surface area contributed by atoms with Crippen LogP contribution >= 0.6 is 0 Å². The van der Waals surface area contributed by atoms with Gasteiger partial charge in [0.1, 0.15) is 6.04 Å².